The summed E-state index contributed by atoms with van der Waals surface area (Å²) in [6, 6.07) is 0. The Morgan fingerprint density at radius 2 is 1.83 bits per heavy atom. The summed E-state index contributed by atoms with van der Waals surface area (Å²) in [4.78, 5) is 0. The standard InChI is InChI=1S/C4H10O3.C4H6O/c1-2-3-7-4(5)6;1-3-5-4-2/h4-6H,2-3H2,1H3;3-4H,1-2H2. The summed E-state index contributed by atoms with van der Waals surface area (Å²) >= 11 is 0. The molecule has 0 amide bonds. The van der Waals surface area contributed by atoms with E-state index in [-0.39, 0.29) is 0 Å². The third-order valence-electron chi connectivity index (χ3n) is 0.663. The molecule has 2 N–H and O–H groups in total. The molecule has 0 saturated heterocycles. The van der Waals surface area contributed by atoms with Crippen LogP contribution in [0.2, 0.25) is 0 Å². The monoisotopic (exact) mass is 176 g/mol. The van der Waals surface area contributed by atoms with E-state index in [1.807, 2.05) is 6.92 Å². The van der Waals surface area contributed by atoms with Gasteiger partial charge in [0.15, 0.2) is 0 Å². The van der Waals surface area contributed by atoms with E-state index in [1.165, 1.54) is 12.5 Å². The van der Waals surface area contributed by atoms with Gasteiger partial charge in [-0.3, -0.25) is 0 Å². The molecule has 0 aliphatic heterocycles. The van der Waals surface area contributed by atoms with Crippen LogP contribution in [-0.2, 0) is 9.47 Å². The van der Waals surface area contributed by atoms with Crippen LogP contribution in [0.25, 0.3) is 0 Å². The van der Waals surface area contributed by atoms with E-state index in [0.29, 0.717) is 6.61 Å². The number of rotatable bonds is 5. The topological polar surface area (TPSA) is 58.9 Å². The molecule has 0 bridgehead atoms. The molecule has 0 saturated carbocycles. The molecule has 0 aliphatic rings. The van der Waals surface area contributed by atoms with Gasteiger partial charge in [0.1, 0.15) is 0 Å². The summed E-state index contributed by atoms with van der Waals surface area (Å²) < 4.78 is 8.66. The van der Waals surface area contributed by atoms with Crippen molar-refractivity contribution in [3.8, 4) is 0 Å². The molecule has 0 rings (SSSR count). The third-order valence-corrected chi connectivity index (χ3v) is 0.663. The Labute approximate surface area is 72.7 Å². The second kappa shape index (κ2) is 12.8. The van der Waals surface area contributed by atoms with Crippen LogP contribution in [0, 0.1) is 0 Å². The lowest BCUT2D eigenvalue weighted by atomic mass is 10.5. The van der Waals surface area contributed by atoms with Gasteiger partial charge in [0.25, 0.3) is 6.48 Å². The molecular formula is C8H16O4. The number of aliphatic hydroxyl groups excluding tert-OH is 1. The van der Waals surface area contributed by atoms with Gasteiger partial charge in [0.05, 0.1) is 19.1 Å². The van der Waals surface area contributed by atoms with Gasteiger partial charge in [-0.25, -0.2) is 0 Å². The van der Waals surface area contributed by atoms with Gasteiger partial charge in [-0.15, -0.1) is 0 Å². The minimum Gasteiger partial charge on any atom is -0.474 e. The van der Waals surface area contributed by atoms with Crippen molar-refractivity contribution in [2.45, 2.75) is 19.8 Å². The highest BCUT2D eigenvalue weighted by Crippen LogP contribution is 1.81. The molecule has 0 unspecified atom stereocenters. The van der Waals surface area contributed by atoms with Gasteiger partial charge in [-0.1, -0.05) is 20.1 Å². The molecule has 12 heavy (non-hydrogen) atoms. The summed E-state index contributed by atoms with van der Waals surface area (Å²) in [6.45, 7) is 7.21. The maximum atomic E-state index is 8.02. The Balaban J connectivity index is 0. The van der Waals surface area contributed by atoms with Crippen LogP contribution in [0.5, 0.6) is 0 Å². The molecule has 0 aliphatic carbocycles. The molecular weight excluding hydrogens is 160 g/mol. The first kappa shape index (κ1) is 13.7. The Morgan fingerprint density at radius 1 is 1.33 bits per heavy atom. The first-order valence-corrected chi connectivity index (χ1v) is 3.54. The zero-order valence-electron chi connectivity index (χ0n) is 7.27. The van der Waals surface area contributed by atoms with Crippen molar-refractivity contribution in [1.82, 2.24) is 0 Å². The predicted octanol–water partition coefficient (Wildman–Crippen LogP) is 0.971. The first-order chi connectivity index (χ1) is 5.68. The van der Waals surface area contributed by atoms with Crippen molar-refractivity contribution in [1.29, 1.82) is 0 Å². The van der Waals surface area contributed by atoms with Gasteiger partial charge in [0, 0.05) is 0 Å². The highest BCUT2D eigenvalue weighted by molar-refractivity contribution is 4.57. The van der Waals surface area contributed by atoms with Gasteiger partial charge in [0.2, 0.25) is 0 Å². The molecule has 0 radical (unpaired) electrons. The molecule has 0 atom stereocenters. The zero-order valence-corrected chi connectivity index (χ0v) is 7.27. The molecule has 0 aromatic heterocycles. The van der Waals surface area contributed by atoms with Crippen LogP contribution >= 0.6 is 0 Å². The molecule has 0 aromatic rings. The molecule has 0 fully saturated rings. The van der Waals surface area contributed by atoms with Gasteiger partial charge in [-0.2, -0.15) is 0 Å². The van der Waals surface area contributed by atoms with Crippen LogP contribution in [-0.4, -0.2) is 23.3 Å². The number of ether oxygens (including phenoxy) is 2. The van der Waals surface area contributed by atoms with Crippen LogP contribution in [0.15, 0.2) is 25.7 Å². The largest absolute Gasteiger partial charge is 0.474 e. The lowest BCUT2D eigenvalue weighted by Crippen LogP contribution is -2.09. The molecule has 0 heterocycles. The third kappa shape index (κ3) is 22.9. The molecule has 0 spiro atoms. The van der Waals surface area contributed by atoms with Crippen molar-refractivity contribution in [2.24, 2.45) is 0 Å². The fraction of sp³-hybridized carbons (Fsp3) is 0.500. The lowest BCUT2D eigenvalue weighted by Gasteiger charge is -2.00. The van der Waals surface area contributed by atoms with E-state index in [2.05, 4.69) is 22.6 Å². The normalized spacial score (nSPS) is 8.33. The maximum Gasteiger partial charge on any atom is 0.266 e. The summed E-state index contributed by atoms with van der Waals surface area (Å²) in [5, 5.41) is 16.0. The molecule has 0 aromatic carbocycles. The Bertz CT molecular complexity index is 95.2. The van der Waals surface area contributed by atoms with Crippen molar-refractivity contribution >= 4 is 0 Å². The van der Waals surface area contributed by atoms with E-state index < -0.39 is 6.48 Å². The van der Waals surface area contributed by atoms with Crippen molar-refractivity contribution in [3.05, 3.63) is 25.7 Å². The van der Waals surface area contributed by atoms with E-state index in [1.54, 1.807) is 0 Å². The van der Waals surface area contributed by atoms with E-state index in [9.17, 15) is 0 Å². The fourth-order valence-corrected chi connectivity index (χ4v) is 0.291. The molecule has 72 valence electrons. The van der Waals surface area contributed by atoms with Crippen molar-refractivity contribution < 1.29 is 19.7 Å². The number of aliphatic hydroxyl groups is 2. The Hall–Kier alpha value is -0.840. The Morgan fingerprint density at radius 3 is 1.92 bits per heavy atom. The average Bonchev–Trinajstić information content (AvgIpc) is 2.03. The molecule has 4 heteroatoms. The fourth-order valence-electron chi connectivity index (χ4n) is 0.291. The van der Waals surface area contributed by atoms with E-state index in [0.717, 1.165) is 6.42 Å². The SMILES string of the molecule is C=COC=C.CCCOC(O)O. The lowest BCUT2D eigenvalue weighted by molar-refractivity contribution is -0.233. The maximum absolute atomic E-state index is 8.02. The van der Waals surface area contributed by atoms with Crippen LogP contribution in [0.3, 0.4) is 0 Å². The second-order valence-corrected chi connectivity index (χ2v) is 1.67. The quantitative estimate of drug-likeness (QED) is 0.484. The van der Waals surface area contributed by atoms with Crippen LogP contribution < -0.4 is 0 Å². The minimum absolute atomic E-state index is 0.400. The smallest absolute Gasteiger partial charge is 0.266 e. The zero-order chi connectivity index (χ0) is 9.82. The summed E-state index contributed by atoms with van der Waals surface area (Å²) in [5.41, 5.74) is 0. The van der Waals surface area contributed by atoms with Crippen molar-refractivity contribution in [3.63, 3.8) is 0 Å². The van der Waals surface area contributed by atoms with E-state index >= 15 is 0 Å². The van der Waals surface area contributed by atoms with Gasteiger partial charge < -0.3 is 19.7 Å². The number of hydrogen-bond donors (Lipinski definition) is 2. The van der Waals surface area contributed by atoms with Gasteiger partial charge >= 0.3 is 0 Å². The highest BCUT2D eigenvalue weighted by atomic mass is 16.7. The van der Waals surface area contributed by atoms with E-state index in [4.69, 9.17) is 10.2 Å². The van der Waals surface area contributed by atoms with Crippen LogP contribution in [0.1, 0.15) is 13.3 Å². The second-order valence-electron chi connectivity index (χ2n) is 1.67. The van der Waals surface area contributed by atoms with Gasteiger partial charge in [-0.05, 0) is 6.42 Å². The molecule has 4 nitrogen and oxygen atoms in total. The van der Waals surface area contributed by atoms with Crippen molar-refractivity contribution in [2.75, 3.05) is 6.61 Å². The number of hydrogen-bond acceptors (Lipinski definition) is 4. The minimum atomic E-state index is -1.60. The first-order valence-electron chi connectivity index (χ1n) is 3.54. The summed E-state index contributed by atoms with van der Waals surface area (Å²) in [7, 11) is 0. The Kier molecular flexibility index (Phi) is 14.6. The highest BCUT2D eigenvalue weighted by Gasteiger charge is 1.90. The predicted molar refractivity (Wildman–Crippen MR) is 45.9 cm³/mol. The van der Waals surface area contributed by atoms with Crippen LogP contribution in [0.4, 0.5) is 0 Å². The summed E-state index contributed by atoms with van der Waals surface area (Å²) in [5.74, 6) is 0. The average molecular weight is 176 g/mol. The summed E-state index contributed by atoms with van der Waals surface area (Å²) in [6.07, 6.45) is 3.43.